The van der Waals surface area contributed by atoms with E-state index in [4.69, 9.17) is 0 Å². The number of nitrogens with zero attached hydrogens (tertiary/aromatic N) is 4. The fourth-order valence-electron chi connectivity index (χ4n) is 3.77. The second-order valence-electron chi connectivity index (χ2n) is 8.11. The zero-order chi connectivity index (χ0) is 22.5. The molecule has 0 atom stereocenters. The van der Waals surface area contributed by atoms with Gasteiger partial charge in [0.05, 0.1) is 0 Å². The minimum atomic E-state index is -0.0569. The molecule has 1 fully saturated rings. The van der Waals surface area contributed by atoms with Crippen LogP contribution >= 0.6 is 0 Å². The van der Waals surface area contributed by atoms with E-state index in [0.29, 0.717) is 18.9 Å². The maximum Gasteiger partial charge on any atom is 0.321 e. The summed E-state index contributed by atoms with van der Waals surface area (Å²) in [7, 11) is 0. The smallest absolute Gasteiger partial charge is 0.321 e. The van der Waals surface area contributed by atoms with Crippen molar-refractivity contribution in [3.05, 3.63) is 71.5 Å². The fourth-order valence-corrected chi connectivity index (χ4v) is 3.77. The molecule has 7 nitrogen and oxygen atoms in total. The summed E-state index contributed by atoms with van der Waals surface area (Å²) in [6.07, 6.45) is 0.946. The maximum atomic E-state index is 12.7. The van der Waals surface area contributed by atoms with Gasteiger partial charge in [-0.1, -0.05) is 36.8 Å². The highest BCUT2D eigenvalue weighted by Gasteiger charge is 2.22. The van der Waals surface area contributed by atoms with E-state index in [1.165, 1.54) is 11.1 Å². The van der Waals surface area contributed by atoms with Gasteiger partial charge in [-0.15, -0.1) is 0 Å². The topological polar surface area (TPSA) is 73.4 Å². The lowest BCUT2D eigenvalue weighted by Crippen LogP contribution is -2.50. The zero-order valence-corrected chi connectivity index (χ0v) is 18.9. The number of aromatic nitrogens is 2. The van der Waals surface area contributed by atoms with Crippen LogP contribution in [-0.4, -0.2) is 47.1 Å². The number of amides is 2. The third kappa shape index (κ3) is 5.35. The number of benzene rings is 2. The molecule has 0 aliphatic carbocycles. The van der Waals surface area contributed by atoms with E-state index in [1.807, 2.05) is 48.2 Å². The lowest BCUT2D eigenvalue weighted by molar-refractivity contribution is 0.208. The van der Waals surface area contributed by atoms with Crippen LogP contribution in [0, 0.1) is 13.8 Å². The summed E-state index contributed by atoms with van der Waals surface area (Å²) in [5, 5.41) is 6.39. The highest BCUT2D eigenvalue weighted by Crippen LogP contribution is 2.21. The van der Waals surface area contributed by atoms with Crippen molar-refractivity contribution in [2.45, 2.75) is 27.2 Å². The van der Waals surface area contributed by atoms with Gasteiger partial charge < -0.3 is 20.4 Å². The van der Waals surface area contributed by atoms with Crippen molar-refractivity contribution in [2.24, 2.45) is 0 Å². The van der Waals surface area contributed by atoms with Crippen molar-refractivity contribution < 1.29 is 4.79 Å². The molecule has 1 aliphatic rings. The van der Waals surface area contributed by atoms with Gasteiger partial charge in [-0.3, -0.25) is 0 Å². The Morgan fingerprint density at radius 3 is 2.41 bits per heavy atom. The van der Waals surface area contributed by atoms with Crippen LogP contribution in [0.15, 0.2) is 54.6 Å². The van der Waals surface area contributed by atoms with Crippen LogP contribution in [0.2, 0.25) is 0 Å². The molecule has 1 aliphatic heterocycles. The average molecular weight is 431 g/mol. The molecule has 2 amide bonds. The number of aryl methyl sites for hydroxylation is 3. The first-order valence-corrected chi connectivity index (χ1v) is 11.1. The van der Waals surface area contributed by atoms with Crippen LogP contribution in [0.4, 0.5) is 27.8 Å². The summed E-state index contributed by atoms with van der Waals surface area (Å²) in [6.45, 7) is 8.81. The van der Waals surface area contributed by atoms with E-state index in [9.17, 15) is 4.79 Å². The molecule has 1 saturated heterocycles. The standard InChI is InChI=1S/C25H30N6O/c1-4-20-6-5-7-22(16-20)29-25(32)31-14-12-30(13-15-31)24-17-23(26-19(3)27-24)28-21-10-8-18(2)9-11-21/h5-11,16-17H,4,12-15H2,1-3H3,(H,29,32)(H,26,27,28). The molecular weight excluding hydrogens is 400 g/mol. The van der Waals surface area contributed by atoms with Crippen LogP contribution in [0.3, 0.4) is 0 Å². The summed E-state index contributed by atoms with van der Waals surface area (Å²) >= 11 is 0. The molecule has 7 heteroatoms. The number of urea groups is 1. The molecule has 0 bridgehead atoms. The number of carbonyl (C=O) groups is 1. The summed E-state index contributed by atoms with van der Waals surface area (Å²) < 4.78 is 0. The Kier molecular flexibility index (Phi) is 6.54. The first-order chi connectivity index (χ1) is 15.5. The SMILES string of the molecule is CCc1cccc(NC(=O)N2CCN(c3cc(Nc4ccc(C)cc4)nc(C)n3)CC2)c1. The molecule has 166 valence electrons. The van der Waals surface area contributed by atoms with E-state index in [-0.39, 0.29) is 6.03 Å². The van der Waals surface area contributed by atoms with Crippen molar-refractivity contribution in [1.82, 2.24) is 14.9 Å². The molecule has 0 spiro atoms. The van der Waals surface area contributed by atoms with Gasteiger partial charge in [0.15, 0.2) is 0 Å². The van der Waals surface area contributed by atoms with Gasteiger partial charge in [0.1, 0.15) is 17.5 Å². The largest absolute Gasteiger partial charge is 0.353 e. The first-order valence-electron chi connectivity index (χ1n) is 11.1. The normalized spacial score (nSPS) is 13.7. The van der Waals surface area contributed by atoms with Gasteiger partial charge in [0.25, 0.3) is 0 Å². The maximum absolute atomic E-state index is 12.7. The lowest BCUT2D eigenvalue weighted by atomic mass is 10.1. The average Bonchev–Trinajstić information content (AvgIpc) is 2.80. The van der Waals surface area contributed by atoms with Gasteiger partial charge in [-0.05, 0) is 50.1 Å². The number of hydrogen-bond donors (Lipinski definition) is 2. The first kappa shape index (κ1) is 21.6. The quantitative estimate of drug-likeness (QED) is 0.611. The minimum Gasteiger partial charge on any atom is -0.353 e. The summed E-state index contributed by atoms with van der Waals surface area (Å²) in [5.41, 5.74) is 4.26. The summed E-state index contributed by atoms with van der Waals surface area (Å²) in [6, 6.07) is 18.1. The Balaban J connectivity index is 1.37. The minimum absolute atomic E-state index is 0.0569. The van der Waals surface area contributed by atoms with Crippen LogP contribution < -0.4 is 15.5 Å². The van der Waals surface area contributed by atoms with Crippen molar-refractivity contribution >= 4 is 29.0 Å². The summed E-state index contributed by atoms with van der Waals surface area (Å²) in [5.74, 6) is 2.36. The molecule has 0 unspecified atom stereocenters. The second kappa shape index (κ2) is 9.68. The molecule has 4 rings (SSSR count). The number of nitrogens with one attached hydrogen (secondary N) is 2. The molecule has 0 saturated carbocycles. The van der Waals surface area contributed by atoms with E-state index in [2.05, 4.69) is 57.5 Å². The number of rotatable bonds is 5. The monoisotopic (exact) mass is 430 g/mol. The Bertz CT molecular complexity index is 1070. The molecule has 2 aromatic carbocycles. The third-order valence-corrected chi connectivity index (χ3v) is 5.63. The number of piperazine rings is 1. The predicted molar refractivity (Wildman–Crippen MR) is 130 cm³/mol. The van der Waals surface area contributed by atoms with E-state index in [1.54, 1.807) is 0 Å². The van der Waals surface area contributed by atoms with Crippen molar-refractivity contribution in [3.63, 3.8) is 0 Å². The van der Waals surface area contributed by atoms with Crippen LogP contribution in [0.1, 0.15) is 23.9 Å². The Labute approximate surface area is 189 Å². The molecule has 0 radical (unpaired) electrons. The van der Waals surface area contributed by atoms with E-state index in [0.717, 1.165) is 42.5 Å². The molecule has 1 aromatic heterocycles. The number of hydrogen-bond acceptors (Lipinski definition) is 5. The van der Waals surface area contributed by atoms with Gasteiger partial charge >= 0.3 is 6.03 Å². The number of anilines is 4. The van der Waals surface area contributed by atoms with Gasteiger partial charge in [-0.2, -0.15) is 0 Å². The van der Waals surface area contributed by atoms with Crippen LogP contribution in [0.5, 0.6) is 0 Å². The van der Waals surface area contributed by atoms with Crippen molar-refractivity contribution in [1.29, 1.82) is 0 Å². The molecule has 2 N–H and O–H groups in total. The van der Waals surface area contributed by atoms with E-state index >= 15 is 0 Å². The van der Waals surface area contributed by atoms with E-state index < -0.39 is 0 Å². The highest BCUT2D eigenvalue weighted by atomic mass is 16.2. The molecule has 2 heterocycles. The summed E-state index contributed by atoms with van der Waals surface area (Å²) in [4.78, 5) is 25.9. The van der Waals surface area contributed by atoms with Crippen molar-refractivity contribution in [2.75, 3.05) is 41.7 Å². The number of carbonyl (C=O) groups excluding carboxylic acids is 1. The Morgan fingerprint density at radius 1 is 0.938 bits per heavy atom. The lowest BCUT2D eigenvalue weighted by Gasteiger charge is -2.35. The fraction of sp³-hybridized carbons (Fsp3) is 0.320. The Hall–Kier alpha value is -3.61. The van der Waals surface area contributed by atoms with Crippen LogP contribution in [0.25, 0.3) is 0 Å². The van der Waals surface area contributed by atoms with Gasteiger partial charge in [0.2, 0.25) is 0 Å². The molecule has 3 aromatic rings. The second-order valence-corrected chi connectivity index (χ2v) is 8.11. The van der Waals surface area contributed by atoms with Crippen LogP contribution in [-0.2, 0) is 6.42 Å². The Morgan fingerprint density at radius 2 is 1.69 bits per heavy atom. The van der Waals surface area contributed by atoms with Gasteiger partial charge in [0, 0.05) is 43.6 Å². The van der Waals surface area contributed by atoms with Gasteiger partial charge in [-0.25, -0.2) is 14.8 Å². The predicted octanol–water partition coefficient (Wildman–Crippen LogP) is 4.75. The molecule has 32 heavy (non-hydrogen) atoms. The highest BCUT2D eigenvalue weighted by molar-refractivity contribution is 5.89. The third-order valence-electron chi connectivity index (χ3n) is 5.63. The zero-order valence-electron chi connectivity index (χ0n) is 18.9. The molecular formula is C25H30N6O. The van der Waals surface area contributed by atoms with Crippen molar-refractivity contribution in [3.8, 4) is 0 Å².